The first kappa shape index (κ1) is 13.9. The summed E-state index contributed by atoms with van der Waals surface area (Å²) in [5, 5.41) is 14.7. The smallest absolute Gasteiger partial charge is 0.308 e. The lowest BCUT2D eigenvalue weighted by Crippen LogP contribution is -1.98. The zero-order valence-corrected chi connectivity index (χ0v) is 10.9. The van der Waals surface area contributed by atoms with E-state index in [1.54, 1.807) is 14.0 Å². The van der Waals surface area contributed by atoms with Gasteiger partial charge >= 0.3 is 5.69 Å². The topological polar surface area (TPSA) is 87.0 Å². The summed E-state index contributed by atoms with van der Waals surface area (Å²) in [4.78, 5) is 9.76. The largest absolute Gasteiger partial charge is 0.384 e. The molecule has 0 saturated carbocycles. The molecule has 0 spiro atoms. The molecule has 0 aliphatic carbocycles. The highest BCUT2D eigenvalue weighted by molar-refractivity contribution is 5.71. The summed E-state index contributed by atoms with van der Waals surface area (Å²) in [7, 11) is 1.56. The predicted molar refractivity (Wildman–Crippen MR) is 69.0 cm³/mol. The lowest BCUT2D eigenvalue weighted by atomic mass is 10.0. The fraction of sp³-hybridized carbons (Fsp3) is 0.250. The molecule has 106 valence electrons. The minimum Gasteiger partial charge on any atom is -0.384 e. The van der Waals surface area contributed by atoms with E-state index in [1.807, 2.05) is 0 Å². The number of nitrogen functional groups attached to an aromatic ring is 1. The van der Waals surface area contributed by atoms with Crippen LogP contribution >= 0.6 is 0 Å². The molecule has 2 rings (SSSR count). The maximum absolute atomic E-state index is 14.1. The SMILES string of the molecule is CCc1c(-c2cc(F)cc([N+](=O)[O-])c2F)nn(C)c1N. The number of nitro groups is 1. The number of halogens is 2. The number of rotatable bonds is 3. The minimum absolute atomic E-state index is 0.118. The zero-order chi connectivity index (χ0) is 15.0. The van der Waals surface area contributed by atoms with Gasteiger partial charge in [0.2, 0.25) is 5.82 Å². The predicted octanol–water partition coefficient (Wildman–Crippen LogP) is 2.42. The lowest BCUT2D eigenvalue weighted by molar-refractivity contribution is -0.387. The number of aromatic nitrogens is 2. The van der Waals surface area contributed by atoms with Crippen molar-refractivity contribution in [3.8, 4) is 11.3 Å². The van der Waals surface area contributed by atoms with Gasteiger partial charge in [-0.25, -0.2) is 4.39 Å². The molecule has 0 saturated heterocycles. The van der Waals surface area contributed by atoms with Crippen molar-refractivity contribution in [3.63, 3.8) is 0 Å². The van der Waals surface area contributed by atoms with Crippen LogP contribution in [-0.2, 0) is 13.5 Å². The number of nitrogens with two attached hydrogens (primary N) is 1. The highest BCUT2D eigenvalue weighted by atomic mass is 19.1. The number of hydrogen-bond acceptors (Lipinski definition) is 4. The summed E-state index contributed by atoms with van der Waals surface area (Å²) < 4.78 is 28.9. The molecule has 6 nitrogen and oxygen atoms in total. The Morgan fingerprint density at radius 2 is 2.10 bits per heavy atom. The van der Waals surface area contributed by atoms with Gasteiger partial charge < -0.3 is 5.73 Å². The van der Waals surface area contributed by atoms with Crippen molar-refractivity contribution in [2.75, 3.05) is 5.73 Å². The van der Waals surface area contributed by atoms with Gasteiger partial charge in [0.15, 0.2) is 0 Å². The van der Waals surface area contributed by atoms with Crippen LogP contribution in [0.4, 0.5) is 20.3 Å². The van der Waals surface area contributed by atoms with E-state index in [9.17, 15) is 18.9 Å². The van der Waals surface area contributed by atoms with Crippen LogP contribution in [0.2, 0.25) is 0 Å². The summed E-state index contributed by atoms with van der Waals surface area (Å²) in [5.74, 6) is -1.71. The Labute approximate surface area is 113 Å². The van der Waals surface area contributed by atoms with Crippen LogP contribution < -0.4 is 5.73 Å². The molecule has 0 bridgehead atoms. The molecule has 8 heteroatoms. The van der Waals surface area contributed by atoms with E-state index in [0.717, 1.165) is 6.07 Å². The van der Waals surface area contributed by atoms with Gasteiger partial charge in [-0.3, -0.25) is 14.8 Å². The van der Waals surface area contributed by atoms with Crippen LogP contribution in [-0.4, -0.2) is 14.7 Å². The van der Waals surface area contributed by atoms with Gasteiger partial charge in [0.05, 0.1) is 11.0 Å². The second kappa shape index (κ2) is 4.87. The van der Waals surface area contributed by atoms with Crippen LogP contribution in [0.3, 0.4) is 0 Å². The van der Waals surface area contributed by atoms with Crippen molar-refractivity contribution < 1.29 is 13.7 Å². The van der Waals surface area contributed by atoms with Crippen molar-refractivity contribution in [2.24, 2.45) is 7.05 Å². The molecule has 1 heterocycles. The van der Waals surface area contributed by atoms with E-state index in [2.05, 4.69) is 5.10 Å². The average molecular weight is 282 g/mol. The normalized spacial score (nSPS) is 10.8. The molecule has 0 unspecified atom stereocenters. The summed E-state index contributed by atoms with van der Waals surface area (Å²) in [6.07, 6.45) is 0.443. The third-order valence-corrected chi connectivity index (χ3v) is 3.02. The molecule has 1 aromatic carbocycles. The molecule has 2 N–H and O–H groups in total. The van der Waals surface area contributed by atoms with Gasteiger partial charge in [-0.1, -0.05) is 6.92 Å². The minimum atomic E-state index is -1.12. The Hall–Kier alpha value is -2.51. The van der Waals surface area contributed by atoms with Crippen LogP contribution in [0.5, 0.6) is 0 Å². The second-order valence-electron chi connectivity index (χ2n) is 4.23. The molecule has 2 aromatic rings. The quantitative estimate of drug-likeness (QED) is 0.691. The molecule has 0 radical (unpaired) electrons. The number of benzene rings is 1. The number of hydrogen-bond donors (Lipinski definition) is 1. The van der Waals surface area contributed by atoms with Gasteiger partial charge in [0.25, 0.3) is 0 Å². The van der Waals surface area contributed by atoms with E-state index in [4.69, 9.17) is 5.73 Å². The van der Waals surface area contributed by atoms with Gasteiger partial charge in [0.1, 0.15) is 17.3 Å². The Kier molecular flexibility index (Phi) is 3.39. The average Bonchev–Trinajstić information content (AvgIpc) is 2.67. The standard InChI is InChI=1S/C12H12F2N4O2/c1-3-7-11(16-17(2)12(7)15)8-4-6(13)5-9(10(8)14)18(19)20/h4-5H,3,15H2,1-2H3. The lowest BCUT2D eigenvalue weighted by Gasteiger charge is -2.04. The van der Waals surface area contributed by atoms with Gasteiger partial charge in [-0.15, -0.1) is 0 Å². The summed E-state index contributed by atoms with van der Waals surface area (Å²) in [6.45, 7) is 1.78. The highest BCUT2D eigenvalue weighted by Crippen LogP contribution is 2.33. The fourth-order valence-corrected chi connectivity index (χ4v) is 2.03. The summed E-state index contributed by atoms with van der Waals surface area (Å²) in [6, 6.07) is 1.42. The molecule has 1 aromatic heterocycles. The molecule has 0 aliphatic rings. The third kappa shape index (κ3) is 2.09. The van der Waals surface area contributed by atoms with E-state index in [1.165, 1.54) is 4.68 Å². The van der Waals surface area contributed by atoms with E-state index >= 15 is 0 Å². The number of nitrogens with zero attached hydrogens (tertiary/aromatic N) is 3. The van der Waals surface area contributed by atoms with Crippen molar-refractivity contribution in [1.82, 2.24) is 9.78 Å². The molecule has 0 atom stereocenters. The van der Waals surface area contributed by atoms with Crippen LogP contribution in [0.1, 0.15) is 12.5 Å². The zero-order valence-electron chi connectivity index (χ0n) is 10.9. The van der Waals surface area contributed by atoms with Crippen LogP contribution in [0, 0.1) is 21.7 Å². The van der Waals surface area contributed by atoms with Crippen molar-refractivity contribution >= 4 is 11.5 Å². The van der Waals surface area contributed by atoms with E-state index < -0.39 is 22.2 Å². The molecular weight excluding hydrogens is 270 g/mol. The maximum Gasteiger partial charge on any atom is 0.308 e. The number of nitro benzene ring substituents is 1. The molecule has 20 heavy (non-hydrogen) atoms. The molecule has 0 fully saturated rings. The number of aryl methyl sites for hydroxylation is 1. The van der Waals surface area contributed by atoms with Gasteiger partial charge in [-0.2, -0.15) is 9.49 Å². The van der Waals surface area contributed by atoms with Crippen molar-refractivity contribution in [1.29, 1.82) is 0 Å². The van der Waals surface area contributed by atoms with Crippen molar-refractivity contribution in [2.45, 2.75) is 13.3 Å². The second-order valence-corrected chi connectivity index (χ2v) is 4.23. The van der Waals surface area contributed by atoms with E-state index in [-0.39, 0.29) is 11.3 Å². The third-order valence-electron chi connectivity index (χ3n) is 3.02. The first-order valence-corrected chi connectivity index (χ1v) is 5.82. The maximum atomic E-state index is 14.1. The summed E-state index contributed by atoms with van der Waals surface area (Å²) >= 11 is 0. The first-order valence-electron chi connectivity index (χ1n) is 5.82. The van der Waals surface area contributed by atoms with Crippen LogP contribution in [0.25, 0.3) is 11.3 Å². The van der Waals surface area contributed by atoms with Gasteiger partial charge in [0, 0.05) is 18.2 Å². The van der Waals surface area contributed by atoms with Crippen LogP contribution in [0.15, 0.2) is 12.1 Å². The first-order chi connectivity index (χ1) is 9.36. The van der Waals surface area contributed by atoms with Gasteiger partial charge in [-0.05, 0) is 12.5 Å². The Balaban J connectivity index is 2.76. The summed E-state index contributed by atoms with van der Waals surface area (Å²) in [5.41, 5.74) is 5.24. The Morgan fingerprint density at radius 1 is 1.45 bits per heavy atom. The Morgan fingerprint density at radius 3 is 2.65 bits per heavy atom. The molecular formula is C12H12F2N4O2. The van der Waals surface area contributed by atoms with E-state index in [0.29, 0.717) is 23.9 Å². The highest BCUT2D eigenvalue weighted by Gasteiger charge is 2.25. The van der Waals surface area contributed by atoms with Crippen molar-refractivity contribution in [3.05, 3.63) is 39.4 Å². The molecule has 0 aliphatic heterocycles. The Bertz CT molecular complexity index is 697. The monoisotopic (exact) mass is 282 g/mol. The number of anilines is 1. The molecule has 0 amide bonds. The fourth-order valence-electron chi connectivity index (χ4n) is 2.03.